The highest BCUT2D eigenvalue weighted by atomic mass is 32.1. The molecule has 0 saturated carbocycles. The van der Waals surface area contributed by atoms with Crippen molar-refractivity contribution in [1.29, 1.82) is 0 Å². The van der Waals surface area contributed by atoms with Crippen molar-refractivity contribution in [1.82, 2.24) is 19.6 Å². The third-order valence-corrected chi connectivity index (χ3v) is 6.06. The molecule has 8 nitrogen and oxygen atoms in total. The minimum absolute atomic E-state index is 0.386. The molecule has 1 fully saturated rings. The van der Waals surface area contributed by atoms with Crippen molar-refractivity contribution in [2.24, 2.45) is 0 Å². The quantitative estimate of drug-likeness (QED) is 0.712. The van der Waals surface area contributed by atoms with E-state index < -0.39 is 5.60 Å². The number of aryl methyl sites for hydroxylation is 1. The van der Waals surface area contributed by atoms with Gasteiger partial charge in [-0.25, -0.2) is 9.78 Å². The fraction of sp³-hybridized carbons (Fsp3) is 0.316. The highest BCUT2D eigenvalue weighted by molar-refractivity contribution is 7.09. The maximum Gasteiger partial charge on any atom is 0.412 e. The molecule has 0 atom stereocenters. The molecular weight excluding hydrogens is 376 g/mol. The maximum atomic E-state index is 12.0. The standard InChI is InChI=1S/C19H18N6O2S/c1-12-20-17(28-24-12)15-6-7-16(23-22-15)25-10-8-19(9-11-25)13-4-2-3-5-14(13)21-18(26)27-19/h2-7H,8-11H2,1H3,(H,21,26). The molecule has 0 aliphatic carbocycles. The molecule has 1 saturated heterocycles. The van der Waals surface area contributed by atoms with Gasteiger partial charge in [-0.1, -0.05) is 18.2 Å². The van der Waals surface area contributed by atoms with Gasteiger partial charge >= 0.3 is 6.09 Å². The summed E-state index contributed by atoms with van der Waals surface area (Å²) in [5, 5.41) is 12.2. The average molecular weight is 394 g/mol. The summed E-state index contributed by atoms with van der Waals surface area (Å²) in [5.41, 5.74) is 2.03. The first-order valence-electron chi connectivity index (χ1n) is 9.12. The monoisotopic (exact) mass is 394 g/mol. The zero-order chi connectivity index (χ0) is 19.1. The summed E-state index contributed by atoms with van der Waals surface area (Å²) in [6.45, 7) is 3.32. The van der Waals surface area contributed by atoms with Gasteiger partial charge < -0.3 is 9.64 Å². The van der Waals surface area contributed by atoms with Crippen LogP contribution in [0.3, 0.4) is 0 Å². The number of hydrogen-bond donors (Lipinski definition) is 1. The number of piperidine rings is 1. The predicted octanol–water partition coefficient (Wildman–Crippen LogP) is 3.36. The zero-order valence-electron chi connectivity index (χ0n) is 15.3. The SMILES string of the molecule is Cc1nsc(-c2ccc(N3CCC4(CC3)OC(=O)Nc3ccccc34)nn2)n1. The smallest absolute Gasteiger partial charge is 0.412 e. The lowest BCUT2D eigenvalue weighted by molar-refractivity contribution is -0.00812. The van der Waals surface area contributed by atoms with Gasteiger partial charge in [0.2, 0.25) is 0 Å². The number of carbonyl (C=O) groups excluding carboxylic acids is 1. The van der Waals surface area contributed by atoms with Crippen LogP contribution in [0.5, 0.6) is 0 Å². The third-order valence-electron chi connectivity index (χ3n) is 5.23. The number of benzene rings is 1. The van der Waals surface area contributed by atoms with Gasteiger partial charge in [-0.15, -0.1) is 10.2 Å². The topological polar surface area (TPSA) is 93.1 Å². The van der Waals surface area contributed by atoms with E-state index in [2.05, 4.69) is 29.8 Å². The van der Waals surface area contributed by atoms with Gasteiger partial charge in [0.1, 0.15) is 17.1 Å². The number of amides is 1. The largest absolute Gasteiger partial charge is 0.438 e. The van der Waals surface area contributed by atoms with E-state index >= 15 is 0 Å². The Hall–Kier alpha value is -3.07. The molecule has 0 unspecified atom stereocenters. The molecule has 5 rings (SSSR count). The van der Waals surface area contributed by atoms with Crippen molar-refractivity contribution in [3.63, 3.8) is 0 Å². The molecule has 142 valence electrons. The van der Waals surface area contributed by atoms with Crippen molar-refractivity contribution < 1.29 is 9.53 Å². The molecule has 1 amide bonds. The fourth-order valence-corrected chi connectivity index (χ4v) is 4.47. The van der Waals surface area contributed by atoms with Gasteiger partial charge in [0.25, 0.3) is 0 Å². The summed E-state index contributed by atoms with van der Waals surface area (Å²) >= 11 is 1.32. The number of ether oxygens (including phenoxy) is 1. The second kappa shape index (κ2) is 6.52. The van der Waals surface area contributed by atoms with Crippen molar-refractivity contribution in [2.75, 3.05) is 23.3 Å². The van der Waals surface area contributed by atoms with Crippen LogP contribution in [0.15, 0.2) is 36.4 Å². The molecule has 9 heteroatoms. The van der Waals surface area contributed by atoms with Gasteiger partial charge in [0.05, 0.1) is 5.69 Å². The van der Waals surface area contributed by atoms with Crippen molar-refractivity contribution in [2.45, 2.75) is 25.4 Å². The number of hydrogen-bond acceptors (Lipinski definition) is 8. The van der Waals surface area contributed by atoms with E-state index in [1.165, 1.54) is 11.5 Å². The molecule has 4 heterocycles. The van der Waals surface area contributed by atoms with Crippen molar-refractivity contribution in [3.05, 3.63) is 47.8 Å². The number of aromatic nitrogens is 4. The minimum Gasteiger partial charge on any atom is -0.438 e. The van der Waals surface area contributed by atoms with E-state index in [0.29, 0.717) is 12.8 Å². The Morgan fingerprint density at radius 3 is 2.68 bits per heavy atom. The summed E-state index contributed by atoms with van der Waals surface area (Å²) in [6.07, 6.45) is 1.02. The highest BCUT2D eigenvalue weighted by Crippen LogP contribution is 2.43. The molecule has 1 N–H and O–H groups in total. The van der Waals surface area contributed by atoms with Crippen LogP contribution in [0.1, 0.15) is 24.2 Å². The second-order valence-electron chi connectivity index (χ2n) is 6.96. The molecule has 2 aliphatic heterocycles. The van der Waals surface area contributed by atoms with Crippen LogP contribution in [-0.4, -0.2) is 38.7 Å². The van der Waals surface area contributed by atoms with Gasteiger partial charge in [-0.2, -0.15) is 4.37 Å². The molecular formula is C19H18N6O2S. The van der Waals surface area contributed by atoms with Crippen LogP contribution in [0.4, 0.5) is 16.3 Å². The lowest BCUT2D eigenvalue weighted by atomic mass is 9.82. The third kappa shape index (κ3) is 2.88. The maximum absolute atomic E-state index is 12.0. The molecule has 3 aromatic rings. The van der Waals surface area contributed by atoms with Crippen LogP contribution in [0.25, 0.3) is 10.7 Å². The van der Waals surface area contributed by atoms with Gasteiger partial charge in [0.15, 0.2) is 10.8 Å². The van der Waals surface area contributed by atoms with Gasteiger partial charge in [-0.3, -0.25) is 5.32 Å². The summed E-state index contributed by atoms with van der Waals surface area (Å²) in [5.74, 6) is 1.55. The Labute approximate surface area is 165 Å². The number of fused-ring (bicyclic) bond motifs is 2. The van der Waals surface area contributed by atoms with Crippen LogP contribution in [-0.2, 0) is 10.3 Å². The Kier molecular flexibility index (Phi) is 3.97. The molecule has 2 aliphatic rings. The lowest BCUT2D eigenvalue weighted by Crippen LogP contribution is -2.48. The summed E-state index contributed by atoms with van der Waals surface area (Å²) in [6, 6.07) is 11.7. The predicted molar refractivity (Wildman–Crippen MR) is 105 cm³/mol. The summed E-state index contributed by atoms with van der Waals surface area (Å²) < 4.78 is 9.96. The highest BCUT2D eigenvalue weighted by Gasteiger charge is 2.44. The second-order valence-corrected chi connectivity index (χ2v) is 7.72. The van der Waals surface area contributed by atoms with E-state index in [-0.39, 0.29) is 6.09 Å². The summed E-state index contributed by atoms with van der Waals surface area (Å²) in [4.78, 5) is 18.6. The minimum atomic E-state index is -0.577. The fourth-order valence-electron chi connectivity index (χ4n) is 3.83. The number of para-hydroxylation sites is 1. The Morgan fingerprint density at radius 1 is 1.14 bits per heavy atom. The Balaban J connectivity index is 1.34. The van der Waals surface area contributed by atoms with Crippen LogP contribution >= 0.6 is 11.5 Å². The average Bonchev–Trinajstić information content (AvgIpc) is 3.15. The number of nitrogens with zero attached hydrogens (tertiary/aromatic N) is 5. The number of nitrogens with one attached hydrogen (secondary N) is 1. The summed E-state index contributed by atoms with van der Waals surface area (Å²) in [7, 11) is 0. The first-order valence-corrected chi connectivity index (χ1v) is 9.89. The Bertz CT molecular complexity index is 1030. The molecule has 0 bridgehead atoms. The van der Waals surface area contributed by atoms with Gasteiger partial charge in [0, 0.05) is 31.5 Å². The van der Waals surface area contributed by atoms with Crippen LogP contribution < -0.4 is 10.2 Å². The first kappa shape index (κ1) is 17.1. The molecule has 2 aromatic heterocycles. The van der Waals surface area contributed by atoms with Crippen LogP contribution in [0, 0.1) is 6.92 Å². The first-order chi connectivity index (χ1) is 13.6. The number of anilines is 2. The van der Waals surface area contributed by atoms with Crippen molar-refractivity contribution >= 4 is 29.1 Å². The molecule has 1 spiro atoms. The van der Waals surface area contributed by atoms with E-state index in [1.54, 1.807) is 0 Å². The zero-order valence-corrected chi connectivity index (χ0v) is 16.1. The number of rotatable bonds is 2. The van der Waals surface area contributed by atoms with E-state index in [4.69, 9.17) is 4.74 Å². The van der Waals surface area contributed by atoms with Crippen molar-refractivity contribution in [3.8, 4) is 10.7 Å². The lowest BCUT2D eigenvalue weighted by Gasteiger charge is -2.44. The number of carbonyl (C=O) groups is 1. The van der Waals surface area contributed by atoms with E-state index in [1.807, 2.05) is 43.3 Å². The molecule has 28 heavy (non-hydrogen) atoms. The normalized spacial score (nSPS) is 17.8. The molecule has 1 aromatic carbocycles. The van der Waals surface area contributed by atoms with E-state index in [9.17, 15) is 4.79 Å². The van der Waals surface area contributed by atoms with Gasteiger partial charge in [-0.05, 0) is 36.7 Å². The Morgan fingerprint density at radius 2 is 1.96 bits per heavy atom. The molecule has 0 radical (unpaired) electrons. The van der Waals surface area contributed by atoms with E-state index in [0.717, 1.165) is 46.7 Å². The van der Waals surface area contributed by atoms with Crippen LogP contribution in [0.2, 0.25) is 0 Å².